The van der Waals surface area contributed by atoms with Crippen LogP contribution in [0.5, 0.6) is 0 Å². The number of imidazole rings is 1. The molecule has 0 spiro atoms. The molecule has 1 aliphatic rings. The number of carbonyl (C=O) groups is 1. The summed E-state index contributed by atoms with van der Waals surface area (Å²) in [5, 5.41) is 18.5. The first-order valence-corrected chi connectivity index (χ1v) is 5.14. The van der Waals surface area contributed by atoms with Gasteiger partial charge < -0.3 is 19.5 Å². The highest BCUT2D eigenvalue weighted by Crippen LogP contribution is 2.28. The summed E-state index contributed by atoms with van der Waals surface area (Å²) in [6, 6.07) is 0. The van der Waals surface area contributed by atoms with Crippen molar-refractivity contribution in [1.29, 1.82) is 0 Å². The number of rotatable bonds is 3. The Bertz CT molecular complexity index is 407. The predicted molar refractivity (Wildman–Crippen MR) is 55.5 cm³/mol. The maximum absolute atomic E-state index is 11.2. The number of carbonyl (C=O) groups excluding carboxylic acids is 1. The van der Waals surface area contributed by atoms with Crippen molar-refractivity contribution in [3.63, 3.8) is 0 Å². The van der Waals surface area contributed by atoms with Crippen molar-refractivity contribution in [3.05, 3.63) is 18.2 Å². The lowest BCUT2D eigenvalue weighted by Gasteiger charge is -2.12. The van der Waals surface area contributed by atoms with E-state index in [0.717, 1.165) is 0 Å². The van der Waals surface area contributed by atoms with Crippen molar-refractivity contribution in [1.82, 2.24) is 15.0 Å². The van der Waals surface area contributed by atoms with Gasteiger partial charge in [0.05, 0.1) is 19.0 Å². The number of nitrogens with one attached hydrogen (secondary N) is 1. The molecule has 1 aliphatic heterocycles. The summed E-state index contributed by atoms with van der Waals surface area (Å²) in [5.41, 5.74) is 2.13. The Morgan fingerprint density at radius 1 is 1.76 bits per heavy atom. The third kappa shape index (κ3) is 2.29. The lowest BCUT2D eigenvalue weighted by Crippen LogP contribution is -2.30. The average molecular weight is 242 g/mol. The molecule has 0 aliphatic carbocycles. The van der Waals surface area contributed by atoms with Crippen LogP contribution in [0.4, 0.5) is 0 Å². The second kappa shape index (κ2) is 4.80. The molecule has 17 heavy (non-hydrogen) atoms. The summed E-state index contributed by atoms with van der Waals surface area (Å²) in [4.78, 5) is 15.0. The van der Waals surface area contributed by atoms with Crippen LogP contribution < -0.4 is 11.3 Å². The highest BCUT2D eigenvalue weighted by Gasteiger charge is 2.34. The molecule has 0 saturated carbocycles. The van der Waals surface area contributed by atoms with Gasteiger partial charge in [0.15, 0.2) is 0 Å². The second-order valence-electron chi connectivity index (χ2n) is 3.79. The SMILES string of the molecule is NNC(=O)c1cn([C@H]2C[C@H](O)[C@@H](CO)O2)cn1. The summed E-state index contributed by atoms with van der Waals surface area (Å²) in [5.74, 6) is 4.48. The van der Waals surface area contributed by atoms with Gasteiger partial charge in [-0.25, -0.2) is 10.8 Å². The van der Waals surface area contributed by atoms with E-state index >= 15 is 0 Å². The van der Waals surface area contributed by atoms with Crippen molar-refractivity contribution in [2.24, 2.45) is 5.84 Å². The molecule has 0 radical (unpaired) electrons. The van der Waals surface area contributed by atoms with Crippen LogP contribution in [0, 0.1) is 0 Å². The molecule has 1 fully saturated rings. The number of nitrogens with zero attached hydrogens (tertiary/aromatic N) is 2. The molecule has 2 rings (SSSR count). The fourth-order valence-electron chi connectivity index (χ4n) is 1.75. The van der Waals surface area contributed by atoms with Crippen LogP contribution in [0.15, 0.2) is 12.5 Å². The van der Waals surface area contributed by atoms with E-state index in [-0.39, 0.29) is 12.3 Å². The van der Waals surface area contributed by atoms with Crippen molar-refractivity contribution in [2.75, 3.05) is 6.61 Å². The number of nitrogen functional groups attached to an aromatic ring is 1. The van der Waals surface area contributed by atoms with Gasteiger partial charge in [-0.05, 0) is 0 Å². The van der Waals surface area contributed by atoms with E-state index in [1.807, 2.05) is 5.43 Å². The first-order chi connectivity index (χ1) is 8.15. The fraction of sp³-hybridized carbons (Fsp3) is 0.556. The van der Waals surface area contributed by atoms with Crippen LogP contribution in [-0.2, 0) is 4.74 Å². The van der Waals surface area contributed by atoms with Gasteiger partial charge in [-0.1, -0.05) is 0 Å². The first kappa shape index (κ1) is 12.0. The van der Waals surface area contributed by atoms with E-state index in [2.05, 4.69) is 4.98 Å². The number of ether oxygens (including phenoxy) is 1. The Hall–Kier alpha value is -1.48. The van der Waals surface area contributed by atoms with Crippen LogP contribution in [0.3, 0.4) is 0 Å². The second-order valence-corrected chi connectivity index (χ2v) is 3.79. The van der Waals surface area contributed by atoms with Crippen LogP contribution in [0.1, 0.15) is 23.1 Å². The zero-order chi connectivity index (χ0) is 12.4. The number of hydrogen-bond donors (Lipinski definition) is 4. The van der Waals surface area contributed by atoms with Gasteiger partial charge in [-0.15, -0.1) is 0 Å². The number of hydrazine groups is 1. The standard InChI is InChI=1S/C9H14N4O4/c10-12-9(16)5-2-13(4-11-5)8-1-6(15)7(3-14)17-8/h2,4,6-8,14-15H,1,3,10H2,(H,12,16)/t6-,7+,8+/m0/s1. The molecule has 0 unspecified atom stereocenters. The van der Waals surface area contributed by atoms with Gasteiger partial charge in [-0.2, -0.15) is 0 Å². The fourth-order valence-corrected chi connectivity index (χ4v) is 1.75. The Labute approximate surface area is 97.0 Å². The van der Waals surface area contributed by atoms with Crippen LogP contribution in [0.25, 0.3) is 0 Å². The van der Waals surface area contributed by atoms with Gasteiger partial charge in [0, 0.05) is 12.6 Å². The molecule has 8 nitrogen and oxygen atoms in total. The van der Waals surface area contributed by atoms with E-state index in [1.165, 1.54) is 12.5 Å². The molecule has 94 valence electrons. The number of aromatic nitrogens is 2. The van der Waals surface area contributed by atoms with Crippen LogP contribution in [0.2, 0.25) is 0 Å². The minimum atomic E-state index is -0.723. The molecule has 1 aromatic heterocycles. The molecule has 0 bridgehead atoms. The zero-order valence-electron chi connectivity index (χ0n) is 8.98. The number of aliphatic hydroxyl groups is 2. The molecular weight excluding hydrogens is 228 g/mol. The van der Waals surface area contributed by atoms with Gasteiger partial charge >= 0.3 is 0 Å². The molecular formula is C9H14N4O4. The minimum absolute atomic E-state index is 0.165. The Morgan fingerprint density at radius 3 is 3.12 bits per heavy atom. The smallest absolute Gasteiger partial charge is 0.285 e. The Morgan fingerprint density at radius 2 is 2.53 bits per heavy atom. The first-order valence-electron chi connectivity index (χ1n) is 5.14. The minimum Gasteiger partial charge on any atom is -0.394 e. The molecule has 0 aromatic carbocycles. The summed E-state index contributed by atoms with van der Waals surface area (Å²) < 4.78 is 6.95. The number of aliphatic hydroxyl groups excluding tert-OH is 2. The van der Waals surface area contributed by atoms with E-state index < -0.39 is 24.3 Å². The predicted octanol–water partition coefficient (Wildman–Crippen LogP) is -1.87. The Balaban J connectivity index is 2.09. The molecule has 1 amide bonds. The van der Waals surface area contributed by atoms with Gasteiger partial charge in [-0.3, -0.25) is 10.2 Å². The summed E-state index contributed by atoms with van der Waals surface area (Å²) in [7, 11) is 0. The normalized spacial score (nSPS) is 28.3. The number of nitrogens with two attached hydrogens (primary N) is 1. The van der Waals surface area contributed by atoms with Crippen molar-refractivity contribution in [3.8, 4) is 0 Å². The largest absolute Gasteiger partial charge is 0.394 e. The van der Waals surface area contributed by atoms with Gasteiger partial charge in [0.2, 0.25) is 0 Å². The molecule has 1 aromatic rings. The third-order valence-electron chi connectivity index (χ3n) is 2.68. The zero-order valence-corrected chi connectivity index (χ0v) is 8.98. The monoisotopic (exact) mass is 242 g/mol. The summed E-state index contributed by atoms with van der Waals surface area (Å²) >= 11 is 0. The van der Waals surface area contributed by atoms with Gasteiger partial charge in [0.1, 0.15) is 18.0 Å². The van der Waals surface area contributed by atoms with Gasteiger partial charge in [0.25, 0.3) is 5.91 Å². The quantitative estimate of drug-likeness (QED) is 0.280. The lowest BCUT2D eigenvalue weighted by atomic mass is 10.2. The van der Waals surface area contributed by atoms with Crippen molar-refractivity contribution >= 4 is 5.91 Å². The maximum atomic E-state index is 11.2. The molecule has 1 saturated heterocycles. The lowest BCUT2D eigenvalue weighted by molar-refractivity contribution is -0.0443. The number of amides is 1. The molecule has 3 atom stereocenters. The average Bonchev–Trinajstić information content (AvgIpc) is 2.94. The number of hydrogen-bond acceptors (Lipinski definition) is 6. The molecule has 5 N–H and O–H groups in total. The third-order valence-corrected chi connectivity index (χ3v) is 2.68. The van der Waals surface area contributed by atoms with E-state index in [1.54, 1.807) is 4.57 Å². The topological polar surface area (TPSA) is 123 Å². The summed E-state index contributed by atoms with van der Waals surface area (Å²) in [6.45, 7) is -0.248. The van der Waals surface area contributed by atoms with E-state index in [4.69, 9.17) is 15.7 Å². The van der Waals surface area contributed by atoms with Crippen molar-refractivity contribution in [2.45, 2.75) is 24.9 Å². The highest BCUT2D eigenvalue weighted by atomic mass is 16.5. The summed E-state index contributed by atoms with van der Waals surface area (Å²) in [6.07, 6.45) is 1.47. The Kier molecular flexibility index (Phi) is 3.38. The van der Waals surface area contributed by atoms with E-state index in [9.17, 15) is 9.90 Å². The van der Waals surface area contributed by atoms with Crippen LogP contribution in [-0.4, -0.2) is 44.5 Å². The van der Waals surface area contributed by atoms with E-state index in [0.29, 0.717) is 6.42 Å². The maximum Gasteiger partial charge on any atom is 0.285 e. The molecule has 8 heteroatoms. The van der Waals surface area contributed by atoms with Crippen molar-refractivity contribution < 1.29 is 19.7 Å². The molecule has 2 heterocycles. The van der Waals surface area contributed by atoms with Crippen LogP contribution >= 0.6 is 0 Å². The highest BCUT2D eigenvalue weighted by molar-refractivity contribution is 5.91.